The van der Waals surface area contributed by atoms with E-state index >= 15 is 0 Å². The number of carbonyl (C=O) groups is 1. The van der Waals surface area contributed by atoms with E-state index in [1.807, 2.05) is 66.3 Å². The van der Waals surface area contributed by atoms with Crippen molar-refractivity contribution >= 4 is 22.4 Å². The highest BCUT2D eigenvalue weighted by molar-refractivity contribution is 7.19. The van der Waals surface area contributed by atoms with E-state index in [1.54, 1.807) is 12.3 Å². The van der Waals surface area contributed by atoms with Crippen LogP contribution in [0.1, 0.15) is 0 Å². The first-order chi connectivity index (χ1) is 14.7. The number of benzene rings is 2. The SMILES string of the molecule is Cn1ccnc1-c1sc(NC(=O)C2COc3ccccc3O2)nc1-c1ccccc1. The summed E-state index contributed by atoms with van der Waals surface area (Å²) < 4.78 is 13.4. The lowest BCUT2D eigenvalue weighted by atomic mass is 10.1. The number of anilines is 1. The summed E-state index contributed by atoms with van der Waals surface area (Å²) in [4.78, 5) is 22.9. The van der Waals surface area contributed by atoms with E-state index < -0.39 is 6.10 Å². The molecule has 2 aromatic carbocycles. The maximum atomic E-state index is 12.8. The third kappa shape index (κ3) is 3.42. The molecule has 1 N–H and O–H groups in total. The van der Waals surface area contributed by atoms with Gasteiger partial charge in [0.25, 0.3) is 5.91 Å². The maximum Gasteiger partial charge on any atom is 0.270 e. The Morgan fingerprint density at radius 3 is 2.67 bits per heavy atom. The van der Waals surface area contributed by atoms with Crippen LogP contribution in [0, 0.1) is 0 Å². The first-order valence-corrected chi connectivity index (χ1v) is 10.2. The van der Waals surface area contributed by atoms with Gasteiger partial charge in [-0.2, -0.15) is 0 Å². The summed E-state index contributed by atoms with van der Waals surface area (Å²) in [6.07, 6.45) is 2.88. The molecular weight excluding hydrogens is 400 g/mol. The minimum absolute atomic E-state index is 0.145. The number of carbonyl (C=O) groups excluding carboxylic acids is 1. The molecule has 0 bridgehead atoms. The molecule has 1 aliphatic heterocycles. The second kappa shape index (κ2) is 7.64. The van der Waals surface area contributed by atoms with E-state index in [0.29, 0.717) is 16.6 Å². The largest absolute Gasteiger partial charge is 0.485 e. The third-order valence-electron chi connectivity index (χ3n) is 4.73. The number of nitrogens with zero attached hydrogens (tertiary/aromatic N) is 3. The van der Waals surface area contributed by atoms with E-state index in [-0.39, 0.29) is 12.5 Å². The van der Waals surface area contributed by atoms with Crippen molar-refractivity contribution < 1.29 is 14.3 Å². The molecule has 1 amide bonds. The molecule has 8 heteroatoms. The van der Waals surface area contributed by atoms with Crippen LogP contribution in [0.15, 0.2) is 67.0 Å². The molecule has 1 atom stereocenters. The summed E-state index contributed by atoms with van der Waals surface area (Å²) in [5.74, 6) is 1.68. The van der Waals surface area contributed by atoms with Crippen LogP contribution >= 0.6 is 11.3 Å². The topological polar surface area (TPSA) is 78.3 Å². The van der Waals surface area contributed by atoms with Gasteiger partial charge in [0.05, 0.1) is 10.6 Å². The number of imidazole rings is 1. The second-order valence-electron chi connectivity index (χ2n) is 6.78. The van der Waals surface area contributed by atoms with E-state index in [0.717, 1.165) is 22.0 Å². The van der Waals surface area contributed by atoms with Gasteiger partial charge in [0, 0.05) is 25.0 Å². The first kappa shape index (κ1) is 18.4. The fraction of sp³-hybridized carbons (Fsp3) is 0.136. The lowest BCUT2D eigenvalue weighted by Crippen LogP contribution is -2.40. The minimum Gasteiger partial charge on any atom is -0.485 e. The molecule has 0 fully saturated rings. The monoisotopic (exact) mass is 418 g/mol. The number of amides is 1. The normalized spacial score (nSPS) is 15.0. The lowest BCUT2D eigenvalue weighted by Gasteiger charge is -2.25. The van der Waals surface area contributed by atoms with Gasteiger partial charge in [0.15, 0.2) is 22.5 Å². The molecule has 150 valence electrons. The van der Waals surface area contributed by atoms with Gasteiger partial charge in [-0.1, -0.05) is 53.8 Å². The molecule has 0 aliphatic carbocycles. The Labute approximate surface area is 176 Å². The summed E-state index contributed by atoms with van der Waals surface area (Å²) in [6.45, 7) is 0.145. The summed E-state index contributed by atoms with van der Waals surface area (Å²) in [5, 5.41) is 3.37. The highest BCUT2D eigenvalue weighted by atomic mass is 32.1. The van der Waals surface area contributed by atoms with Crippen LogP contribution in [0.3, 0.4) is 0 Å². The molecule has 4 aromatic rings. The van der Waals surface area contributed by atoms with Gasteiger partial charge in [-0.3, -0.25) is 10.1 Å². The molecule has 7 nitrogen and oxygen atoms in total. The number of ether oxygens (including phenoxy) is 2. The average Bonchev–Trinajstić information content (AvgIpc) is 3.39. The minimum atomic E-state index is -0.749. The Morgan fingerprint density at radius 2 is 1.90 bits per heavy atom. The molecule has 0 spiro atoms. The average molecular weight is 418 g/mol. The van der Waals surface area contributed by atoms with E-state index in [9.17, 15) is 4.79 Å². The number of fused-ring (bicyclic) bond motifs is 1. The zero-order valence-electron chi connectivity index (χ0n) is 16.1. The zero-order chi connectivity index (χ0) is 20.5. The number of nitrogens with one attached hydrogen (secondary N) is 1. The number of para-hydroxylation sites is 2. The Kier molecular flexibility index (Phi) is 4.68. The van der Waals surface area contributed by atoms with Crippen LogP contribution in [0.2, 0.25) is 0 Å². The standard InChI is InChI=1S/C22H18N4O3S/c1-26-12-11-23-20(26)19-18(14-7-3-2-4-8-14)24-22(30-19)25-21(27)17-13-28-15-9-5-6-10-16(15)29-17/h2-12,17H,13H2,1H3,(H,24,25,27). The van der Waals surface area contributed by atoms with Gasteiger partial charge in [-0.05, 0) is 12.1 Å². The zero-order valence-corrected chi connectivity index (χ0v) is 16.9. The van der Waals surface area contributed by atoms with Crippen molar-refractivity contribution in [2.75, 3.05) is 11.9 Å². The summed E-state index contributed by atoms with van der Waals surface area (Å²) >= 11 is 1.38. The molecule has 0 radical (unpaired) electrons. The van der Waals surface area contributed by atoms with Crippen molar-refractivity contribution in [3.05, 3.63) is 67.0 Å². The second-order valence-corrected chi connectivity index (χ2v) is 7.78. The van der Waals surface area contributed by atoms with Crippen molar-refractivity contribution in [2.24, 2.45) is 7.05 Å². The first-order valence-electron chi connectivity index (χ1n) is 9.42. The highest BCUT2D eigenvalue weighted by Crippen LogP contribution is 2.38. The van der Waals surface area contributed by atoms with Crippen LogP contribution < -0.4 is 14.8 Å². The van der Waals surface area contributed by atoms with Gasteiger partial charge in [0.2, 0.25) is 6.10 Å². The number of hydrogen-bond acceptors (Lipinski definition) is 6. The molecule has 3 heterocycles. The number of rotatable bonds is 4. The Morgan fingerprint density at radius 1 is 1.13 bits per heavy atom. The maximum absolute atomic E-state index is 12.8. The predicted molar refractivity (Wildman–Crippen MR) is 115 cm³/mol. The fourth-order valence-corrected chi connectivity index (χ4v) is 4.27. The third-order valence-corrected chi connectivity index (χ3v) is 5.70. The molecule has 1 aliphatic rings. The van der Waals surface area contributed by atoms with Crippen molar-refractivity contribution in [2.45, 2.75) is 6.10 Å². The lowest BCUT2D eigenvalue weighted by molar-refractivity contribution is -0.125. The van der Waals surface area contributed by atoms with E-state index in [4.69, 9.17) is 14.5 Å². The Balaban J connectivity index is 1.43. The van der Waals surface area contributed by atoms with Crippen molar-refractivity contribution in [1.82, 2.24) is 14.5 Å². The van der Waals surface area contributed by atoms with Gasteiger partial charge in [-0.15, -0.1) is 0 Å². The molecule has 0 saturated heterocycles. The number of aromatic nitrogens is 3. The predicted octanol–water partition coefficient (Wildman–Crippen LogP) is 3.99. The number of thiazole rings is 1. The molecule has 0 saturated carbocycles. The molecule has 5 rings (SSSR count). The fourth-order valence-electron chi connectivity index (χ4n) is 3.24. The van der Waals surface area contributed by atoms with Crippen molar-refractivity contribution in [1.29, 1.82) is 0 Å². The quantitative estimate of drug-likeness (QED) is 0.542. The van der Waals surface area contributed by atoms with Crippen LogP contribution in [0.5, 0.6) is 11.5 Å². The van der Waals surface area contributed by atoms with Crippen LogP contribution in [0.25, 0.3) is 22.0 Å². The van der Waals surface area contributed by atoms with Crippen LogP contribution in [-0.2, 0) is 11.8 Å². The van der Waals surface area contributed by atoms with E-state index in [1.165, 1.54) is 11.3 Å². The molecule has 30 heavy (non-hydrogen) atoms. The van der Waals surface area contributed by atoms with Gasteiger partial charge in [-0.25, -0.2) is 9.97 Å². The summed E-state index contributed by atoms with van der Waals surface area (Å²) in [6, 6.07) is 17.2. The van der Waals surface area contributed by atoms with Gasteiger partial charge >= 0.3 is 0 Å². The van der Waals surface area contributed by atoms with Crippen molar-refractivity contribution in [3.63, 3.8) is 0 Å². The van der Waals surface area contributed by atoms with Crippen LogP contribution in [0.4, 0.5) is 5.13 Å². The molecule has 1 unspecified atom stereocenters. The van der Waals surface area contributed by atoms with Gasteiger partial charge < -0.3 is 14.0 Å². The highest BCUT2D eigenvalue weighted by Gasteiger charge is 2.28. The smallest absolute Gasteiger partial charge is 0.270 e. The van der Waals surface area contributed by atoms with Crippen LogP contribution in [-0.4, -0.2) is 33.2 Å². The Bertz CT molecular complexity index is 1200. The Hall–Kier alpha value is -3.65. The van der Waals surface area contributed by atoms with Crippen molar-refractivity contribution in [3.8, 4) is 33.5 Å². The summed E-state index contributed by atoms with van der Waals surface area (Å²) in [7, 11) is 1.93. The molecule has 2 aromatic heterocycles. The molecular formula is C22H18N4O3S. The summed E-state index contributed by atoms with van der Waals surface area (Å²) in [5.41, 5.74) is 1.73. The van der Waals surface area contributed by atoms with Gasteiger partial charge in [0.1, 0.15) is 6.61 Å². The number of aryl methyl sites for hydroxylation is 1. The number of hydrogen-bond donors (Lipinski definition) is 1. The van der Waals surface area contributed by atoms with E-state index in [2.05, 4.69) is 10.3 Å².